The van der Waals surface area contributed by atoms with Crippen LogP contribution in [0.5, 0.6) is 0 Å². The molecule has 3 N–H and O–H groups in total. The van der Waals surface area contributed by atoms with Gasteiger partial charge in [-0.15, -0.1) is 0 Å². The third-order valence-corrected chi connectivity index (χ3v) is 12.9. The zero-order valence-electron chi connectivity index (χ0n) is 39.7. The average molecular weight is 799 g/mol. The fourth-order valence-electron chi connectivity index (χ4n) is 9.44. The quantitative estimate of drug-likeness (QED) is 0.0577. The number of rotatable bonds is 42. The molecule has 0 bridgehead atoms. The van der Waals surface area contributed by atoms with Crippen molar-refractivity contribution in [2.45, 2.75) is 310 Å². The van der Waals surface area contributed by atoms with E-state index in [2.05, 4.69) is 20.8 Å². The van der Waals surface area contributed by atoms with Crippen molar-refractivity contribution >= 4 is 0 Å². The summed E-state index contributed by atoms with van der Waals surface area (Å²) in [4.78, 5) is 0. The van der Waals surface area contributed by atoms with Gasteiger partial charge in [0.15, 0.2) is 0 Å². The summed E-state index contributed by atoms with van der Waals surface area (Å²) >= 11 is 0. The molecule has 0 radical (unpaired) electrons. The predicted molar refractivity (Wildman–Crippen MR) is 253 cm³/mol. The maximum absolute atomic E-state index is 9.93. The van der Waals surface area contributed by atoms with E-state index < -0.39 is 0 Å². The van der Waals surface area contributed by atoms with E-state index in [1.165, 1.54) is 212 Å². The van der Waals surface area contributed by atoms with Gasteiger partial charge in [-0.05, 0) is 150 Å². The molecule has 0 fully saturated rings. The van der Waals surface area contributed by atoms with Crippen LogP contribution in [0.4, 0.5) is 0 Å². The van der Waals surface area contributed by atoms with Gasteiger partial charge in [-0.3, -0.25) is 0 Å². The number of aliphatic hydroxyl groups is 3. The lowest BCUT2D eigenvalue weighted by Crippen LogP contribution is -2.15. The van der Waals surface area contributed by atoms with Crippen LogP contribution < -0.4 is 0 Å². The van der Waals surface area contributed by atoms with Gasteiger partial charge < -0.3 is 15.3 Å². The summed E-state index contributed by atoms with van der Waals surface area (Å²) in [7, 11) is 0. The molecule has 3 heteroatoms. The summed E-state index contributed by atoms with van der Waals surface area (Å²) in [6.07, 6.45) is 49.1. The molecule has 3 atom stereocenters. The molecule has 0 aliphatic carbocycles. The van der Waals surface area contributed by atoms with Gasteiger partial charge in [0.1, 0.15) is 0 Å². The standard InChI is InChI=1S/C54H102O3/c1-7-10-13-16-19-31-40-49-50(41-32-20-17-14-11-8-2)52(43-34-25-22-28-37-46(4)55)54(45-36-27-24-30-39-48(6)57)53(44-35-26-23-29-38-47(5)56)51(49)42-33-21-18-15-12-9-3/h46-48,55-57H,7-45H2,1-6H3. The van der Waals surface area contributed by atoms with Crippen molar-refractivity contribution in [3.63, 3.8) is 0 Å². The van der Waals surface area contributed by atoms with Crippen molar-refractivity contribution in [3.05, 3.63) is 33.4 Å². The van der Waals surface area contributed by atoms with E-state index in [1.54, 1.807) is 16.7 Å². The van der Waals surface area contributed by atoms with Crippen LogP contribution in [0, 0.1) is 0 Å². The summed E-state index contributed by atoms with van der Waals surface area (Å²) < 4.78 is 0. The monoisotopic (exact) mass is 799 g/mol. The lowest BCUT2D eigenvalue weighted by Gasteiger charge is -2.28. The highest BCUT2D eigenvalue weighted by Gasteiger charge is 2.23. The Kier molecular flexibility index (Phi) is 36.1. The Balaban J connectivity index is 3.76. The van der Waals surface area contributed by atoms with E-state index >= 15 is 0 Å². The van der Waals surface area contributed by atoms with Gasteiger partial charge >= 0.3 is 0 Å². The highest BCUT2D eigenvalue weighted by Crippen LogP contribution is 2.36. The normalized spacial score (nSPS) is 13.4. The molecule has 1 rings (SSSR count). The van der Waals surface area contributed by atoms with Gasteiger partial charge in [-0.25, -0.2) is 0 Å². The Morgan fingerprint density at radius 2 is 0.404 bits per heavy atom. The Morgan fingerprint density at radius 3 is 0.579 bits per heavy atom. The molecule has 0 heterocycles. The SMILES string of the molecule is CCCCCCCCc1c(CCCCCCCC)c(CCCCCCC(C)O)c(CCCCCCC(C)O)c(CCCCCCC(C)O)c1CCCCCCCC. The number of unbranched alkanes of at least 4 members (excludes halogenated alkanes) is 24. The maximum atomic E-state index is 9.93. The van der Waals surface area contributed by atoms with Gasteiger partial charge in [0.2, 0.25) is 0 Å². The number of hydrogen-bond donors (Lipinski definition) is 3. The van der Waals surface area contributed by atoms with Crippen LogP contribution in [0.15, 0.2) is 0 Å². The number of benzene rings is 1. The van der Waals surface area contributed by atoms with Crippen LogP contribution in [-0.2, 0) is 38.5 Å². The zero-order chi connectivity index (χ0) is 41.8. The molecular formula is C54H102O3. The van der Waals surface area contributed by atoms with Gasteiger partial charge in [0, 0.05) is 0 Å². The molecule has 3 unspecified atom stereocenters. The second kappa shape index (κ2) is 38.1. The molecule has 0 aromatic heterocycles. The van der Waals surface area contributed by atoms with Crippen molar-refractivity contribution in [1.29, 1.82) is 0 Å². The first-order valence-corrected chi connectivity index (χ1v) is 26.0. The minimum absolute atomic E-state index is 0.181. The molecule has 0 saturated carbocycles. The first-order chi connectivity index (χ1) is 27.8. The molecule has 1 aromatic rings. The van der Waals surface area contributed by atoms with Crippen molar-refractivity contribution in [2.24, 2.45) is 0 Å². The fraction of sp³-hybridized carbons (Fsp3) is 0.889. The summed E-state index contributed by atoms with van der Waals surface area (Å²) in [5, 5.41) is 29.8. The third kappa shape index (κ3) is 28.3. The van der Waals surface area contributed by atoms with Gasteiger partial charge in [0.05, 0.1) is 18.3 Å². The summed E-state index contributed by atoms with van der Waals surface area (Å²) in [5.41, 5.74) is 10.8. The van der Waals surface area contributed by atoms with E-state index in [0.717, 1.165) is 38.5 Å². The smallest absolute Gasteiger partial charge is 0.0512 e. The minimum Gasteiger partial charge on any atom is -0.393 e. The molecule has 0 saturated heterocycles. The summed E-state index contributed by atoms with van der Waals surface area (Å²) in [5.74, 6) is 0. The molecule has 0 aliphatic rings. The molecular weight excluding hydrogens is 697 g/mol. The number of aliphatic hydroxyl groups excluding tert-OH is 3. The fourth-order valence-corrected chi connectivity index (χ4v) is 9.44. The van der Waals surface area contributed by atoms with Crippen LogP contribution in [0.3, 0.4) is 0 Å². The Morgan fingerprint density at radius 1 is 0.246 bits per heavy atom. The summed E-state index contributed by atoms with van der Waals surface area (Å²) in [6, 6.07) is 0. The van der Waals surface area contributed by atoms with E-state index in [-0.39, 0.29) is 18.3 Å². The summed E-state index contributed by atoms with van der Waals surface area (Å²) in [6.45, 7) is 12.8. The van der Waals surface area contributed by atoms with E-state index in [9.17, 15) is 15.3 Å². The van der Waals surface area contributed by atoms with Crippen LogP contribution in [-0.4, -0.2) is 33.6 Å². The highest BCUT2D eigenvalue weighted by atomic mass is 16.3. The molecule has 3 nitrogen and oxygen atoms in total. The molecule has 1 aromatic carbocycles. The van der Waals surface area contributed by atoms with Crippen molar-refractivity contribution in [1.82, 2.24) is 0 Å². The van der Waals surface area contributed by atoms with E-state index in [1.807, 2.05) is 37.5 Å². The van der Waals surface area contributed by atoms with Crippen molar-refractivity contribution in [2.75, 3.05) is 0 Å². The molecule has 336 valence electrons. The lowest BCUT2D eigenvalue weighted by molar-refractivity contribution is 0.180. The van der Waals surface area contributed by atoms with Crippen LogP contribution in [0.1, 0.15) is 287 Å². The van der Waals surface area contributed by atoms with E-state index in [0.29, 0.717) is 0 Å². The predicted octanol–water partition coefficient (Wildman–Crippen LogP) is 16.0. The van der Waals surface area contributed by atoms with Crippen molar-refractivity contribution in [3.8, 4) is 0 Å². The second-order valence-electron chi connectivity index (χ2n) is 18.8. The third-order valence-electron chi connectivity index (χ3n) is 12.9. The number of hydrogen-bond acceptors (Lipinski definition) is 3. The second-order valence-corrected chi connectivity index (χ2v) is 18.8. The lowest BCUT2D eigenvalue weighted by atomic mass is 9.77. The highest BCUT2D eigenvalue weighted by molar-refractivity contribution is 5.53. The molecule has 0 amide bonds. The topological polar surface area (TPSA) is 60.7 Å². The Bertz CT molecular complexity index is 965. The average Bonchev–Trinajstić information content (AvgIpc) is 3.17. The minimum atomic E-state index is -0.183. The first-order valence-electron chi connectivity index (χ1n) is 26.0. The molecule has 0 aliphatic heterocycles. The van der Waals surface area contributed by atoms with Gasteiger partial charge in [-0.2, -0.15) is 0 Å². The Hall–Kier alpha value is -0.900. The maximum Gasteiger partial charge on any atom is 0.0512 e. The van der Waals surface area contributed by atoms with Gasteiger partial charge in [-0.1, -0.05) is 175 Å². The van der Waals surface area contributed by atoms with Crippen LogP contribution in [0.2, 0.25) is 0 Å². The largest absolute Gasteiger partial charge is 0.393 e. The molecule has 0 spiro atoms. The van der Waals surface area contributed by atoms with Gasteiger partial charge in [0.25, 0.3) is 0 Å². The van der Waals surface area contributed by atoms with E-state index in [4.69, 9.17) is 0 Å². The first kappa shape index (κ1) is 54.1. The Labute approximate surface area is 357 Å². The molecule has 57 heavy (non-hydrogen) atoms. The zero-order valence-corrected chi connectivity index (χ0v) is 39.7. The van der Waals surface area contributed by atoms with Crippen LogP contribution >= 0.6 is 0 Å². The van der Waals surface area contributed by atoms with Crippen molar-refractivity contribution < 1.29 is 15.3 Å². The van der Waals surface area contributed by atoms with Crippen LogP contribution in [0.25, 0.3) is 0 Å².